The van der Waals surface area contributed by atoms with E-state index in [0.29, 0.717) is 41.7 Å². The zero-order valence-corrected chi connectivity index (χ0v) is 19.5. The van der Waals surface area contributed by atoms with Crippen molar-refractivity contribution < 1.29 is 33.0 Å². The lowest BCUT2D eigenvalue weighted by atomic mass is 9.87. The fourth-order valence-electron chi connectivity index (χ4n) is 4.02. The number of aliphatic carboxylic acids is 1. The molecule has 1 aromatic heterocycles. The van der Waals surface area contributed by atoms with Gasteiger partial charge in [-0.15, -0.1) is 11.3 Å². The number of thiophene rings is 1. The van der Waals surface area contributed by atoms with Crippen LogP contribution >= 0.6 is 11.3 Å². The van der Waals surface area contributed by atoms with Crippen LogP contribution in [0.4, 0.5) is 8.78 Å². The molecule has 3 aromatic rings. The normalized spacial score (nSPS) is 17.7. The molecule has 1 saturated carbocycles. The van der Waals surface area contributed by atoms with Gasteiger partial charge < -0.3 is 20.5 Å². The van der Waals surface area contributed by atoms with E-state index < -0.39 is 23.5 Å². The number of carbonyl (C=O) groups is 3. The van der Waals surface area contributed by atoms with Crippen molar-refractivity contribution in [1.29, 1.82) is 0 Å². The highest BCUT2D eigenvalue weighted by Crippen LogP contribution is 2.29. The van der Waals surface area contributed by atoms with E-state index in [1.54, 1.807) is 24.3 Å². The number of nitrogens with one attached hydrogen (secondary N) is 2. The molecule has 3 N–H and O–H groups in total. The third-order valence-electron chi connectivity index (χ3n) is 5.91. The molecule has 4 rings (SSSR count). The van der Waals surface area contributed by atoms with Crippen LogP contribution in [0, 0.1) is 17.6 Å². The second-order valence-corrected chi connectivity index (χ2v) is 9.46. The molecule has 1 fully saturated rings. The van der Waals surface area contributed by atoms with E-state index >= 15 is 0 Å². The van der Waals surface area contributed by atoms with Gasteiger partial charge >= 0.3 is 5.97 Å². The summed E-state index contributed by atoms with van der Waals surface area (Å²) in [6.45, 7) is 0.347. The topological polar surface area (TPSA) is 105 Å². The van der Waals surface area contributed by atoms with Gasteiger partial charge in [0.2, 0.25) is 0 Å². The molecule has 0 atom stereocenters. The Hall–Kier alpha value is -3.53. The number of halogens is 2. The van der Waals surface area contributed by atoms with E-state index in [1.165, 1.54) is 12.1 Å². The Labute approximate surface area is 204 Å². The molecule has 1 heterocycles. The van der Waals surface area contributed by atoms with E-state index in [9.17, 15) is 23.2 Å². The van der Waals surface area contributed by atoms with E-state index in [4.69, 9.17) is 9.84 Å². The molecule has 0 saturated heterocycles. The SMILES string of the molecule is O=C(NCCNC(=O)c1cc2c(F)cc(F)cc2s1)c1ccc(OC2CCC(C(=O)O)CC2)cc1. The Kier molecular flexibility index (Phi) is 7.60. The first-order chi connectivity index (χ1) is 16.8. The smallest absolute Gasteiger partial charge is 0.306 e. The van der Waals surface area contributed by atoms with E-state index in [-0.39, 0.29) is 41.3 Å². The molecule has 1 aliphatic rings. The molecule has 7 nitrogen and oxygen atoms in total. The summed E-state index contributed by atoms with van der Waals surface area (Å²) < 4.78 is 33.4. The average molecular weight is 503 g/mol. The maximum atomic E-state index is 13.8. The molecule has 10 heteroatoms. The fraction of sp³-hybridized carbons (Fsp3) is 0.320. The molecule has 0 aliphatic heterocycles. The molecule has 2 amide bonds. The van der Waals surface area contributed by atoms with Crippen LogP contribution in [0.25, 0.3) is 10.1 Å². The van der Waals surface area contributed by atoms with E-state index in [2.05, 4.69) is 10.6 Å². The molecular formula is C25H24F2N2O5S. The lowest BCUT2D eigenvalue weighted by molar-refractivity contribution is -0.143. The molecule has 1 aliphatic carbocycles. The average Bonchev–Trinajstić information content (AvgIpc) is 3.27. The lowest BCUT2D eigenvalue weighted by Crippen LogP contribution is -2.34. The third-order valence-corrected chi connectivity index (χ3v) is 7.00. The number of fused-ring (bicyclic) bond motifs is 1. The summed E-state index contributed by atoms with van der Waals surface area (Å²) in [4.78, 5) is 36.0. The van der Waals surface area contributed by atoms with Crippen LogP contribution in [-0.4, -0.2) is 42.1 Å². The van der Waals surface area contributed by atoms with Gasteiger partial charge in [0, 0.05) is 34.8 Å². The Morgan fingerprint density at radius 1 is 0.943 bits per heavy atom. The van der Waals surface area contributed by atoms with Crippen LogP contribution < -0.4 is 15.4 Å². The van der Waals surface area contributed by atoms with Crippen LogP contribution in [0.5, 0.6) is 5.75 Å². The summed E-state index contributed by atoms with van der Waals surface area (Å²) in [7, 11) is 0. The first kappa shape index (κ1) is 24.6. The number of rotatable bonds is 8. The van der Waals surface area contributed by atoms with Crippen molar-refractivity contribution in [1.82, 2.24) is 10.6 Å². The molecule has 0 unspecified atom stereocenters. The minimum absolute atomic E-state index is 0.0367. The van der Waals surface area contributed by atoms with Gasteiger partial charge in [0.1, 0.15) is 17.4 Å². The van der Waals surface area contributed by atoms with E-state index in [0.717, 1.165) is 17.4 Å². The second-order valence-electron chi connectivity index (χ2n) is 8.38. The molecule has 0 bridgehead atoms. The second kappa shape index (κ2) is 10.8. The van der Waals surface area contributed by atoms with Crippen LogP contribution in [0.1, 0.15) is 45.7 Å². The van der Waals surface area contributed by atoms with Gasteiger partial charge in [0.15, 0.2) is 0 Å². The van der Waals surface area contributed by atoms with Crippen LogP contribution in [0.2, 0.25) is 0 Å². The highest BCUT2D eigenvalue weighted by molar-refractivity contribution is 7.20. The van der Waals surface area contributed by atoms with Gasteiger partial charge in [-0.3, -0.25) is 14.4 Å². The van der Waals surface area contributed by atoms with E-state index in [1.807, 2.05) is 0 Å². The number of amides is 2. The number of carboxylic acid groups (broad SMARTS) is 1. The highest BCUT2D eigenvalue weighted by atomic mass is 32.1. The Balaban J connectivity index is 1.21. The lowest BCUT2D eigenvalue weighted by Gasteiger charge is -2.26. The number of carbonyl (C=O) groups excluding carboxylic acids is 2. The summed E-state index contributed by atoms with van der Waals surface area (Å²) in [6.07, 6.45) is 2.51. The van der Waals surface area contributed by atoms with Crippen molar-refractivity contribution in [3.05, 3.63) is 64.5 Å². The van der Waals surface area contributed by atoms with Crippen LogP contribution in [0.15, 0.2) is 42.5 Å². The molecule has 2 aromatic carbocycles. The molecular weight excluding hydrogens is 478 g/mol. The van der Waals surface area contributed by atoms with Crippen molar-refractivity contribution in [2.45, 2.75) is 31.8 Å². The van der Waals surface area contributed by atoms with Crippen molar-refractivity contribution in [3.8, 4) is 5.75 Å². The van der Waals surface area contributed by atoms with Gasteiger partial charge in [-0.1, -0.05) is 0 Å². The fourth-order valence-corrected chi connectivity index (χ4v) is 5.04. The first-order valence-electron chi connectivity index (χ1n) is 11.2. The largest absolute Gasteiger partial charge is 0.490 e. The maximum Gasteiger partial charge on any atom is 0.306 e. The zero-order valence-electron chi connectivity index (χ0n) is 18.7. The van der Waals surface area contributed by atoms with Gasteiger partial charge in [-0.05, 0) is 62.1 Å². The Morgan fingerprint density at radius 3 is 2.26 bits per heavy atom. The third kappa shape index (κ3) is 6.13. The molecule has 184 valence electrons. The number of benzene rings is 2. The molecule has 35 heavy (non-hydrogen) atoms. The number of hydrogen-bond donors (Lipinski definition) is 3. The zero-order chi connectivity index (χ0) is 24.9. The standard InChI is InChI=1S/C25H24F2N2O5S/c26-16-11-20(27)19-13-22(35-21(19)12-16)24(31)29-10-9-28-23(30)14-1-5-17(6-2-14)34-18-7-3-15(4-8-18)25(32)33/h1-2,5-6,11-13,15,18H,3-4,7-10H2,(H,28,30)(H,29,31)(H,32,33). The summed E-state index contributed by atoms with van der Waals surface area (Å²) in [6, 6.07) is 10.0. The predicted octanol–water partition coefficient (Wildman–Crippen LogP) is 4.36. The number of carboxylic acids is 1. The van der Waals surface area contributed by atoms with Crippen LogP contribution in [-0.2, 0) is 4.79 Å². The van der Waals surface area contributed by atoms with Crippen molar-refractivity contribution in [2.75, 3.05) is 13.1 Å². The van der Waals surface area contributed by atoms with Gasteiger partial charge in [0.05, 0.1) is 16.9 Å². The minimum atomic E-state index is -0.759. The summed E-state index contributed by atoms with van der Waals surface area (Å²) in [5.41, 5.74) is 0.431. The number of ether oxygens (including phenoxy) is 1. The first-order valence-corrected chi connectivity index (χ1v) is 12.1. The summed E-state index contributed by atoms with van der Waals surface area (Å²) in [5.74, 6) is -2.61. The molecule has 0 radical (unpaired) electrons. The highest BCUT2D eigenvalue weighted by Gasteiger charge is 2.26. The summed E-state index contributed by atoms with van der Waals surface area (Å²) >= 11 is 0.992. The monoisotopic (exact) mass is 502 g/mol. The number of hydrogen-bond acceptors (Lipinski definition) is 5. The predicted molar refractivity (Wildman–Crippen MR) is 127 cm³/mol. The van der Waals surface area contributed by atoms with Gasteiger partial charge in [0.25, 0.3) is 11.8 Å². The van der Waals surface area contributed by atoms with Gasteiger partial charge in [-0.25, -0.2) is 8.78 Å². The van der Waals surface area contributed by atoms with Crippen LogP contribution in [0.3, 0.4) is 0 Å². The van der Waals surface area contributed by atoms with Crippen molar-refractivity contribution >= 4 is 39.2 Å². The van der Waals surface area contributed by atoms with Gasteiger partial charge in [-0.2, -0.15) is 0 Å². The molecule has 0 spiro atoms. The Bertz CT molecular complexity index is 1240. The Morgan fingerprint density at radius 2 is 1.60 bits per heavy atom. The summed E-state index contributed by atoms with van der Waals surface area (Å²) in [5, 5.41) is 14.6. The van der Waals surface area contributed by atoms with Crippen molar-refractivity contribution in [3.63, 3.8) is 0 Å². The maximum absolute atomic E-state index is 13.8. The van der Waals surface area contributed by atoms with Crippen molar-refractivity contribution in [2.24, 2.45) is 5.92 Å². The minimum Gasteiger partial charge on any atom is -0.490 e. The quantitative estimate of drug-likeness (QED) is 0.397.